The van der Waals surface area contributed by atoms with Gasteiger partial charge < -0.3 is 5.32 Å². The second kappa shape index (κ2) is 8.48. The standard InChI is InChI=1S/C20H23N5O2S2/c1-15-9-18(29(26,27)24-19-13-28-14-22-19)10-21-20(15)23-17-7-8-25(12-17)11-16-5-3-2-4-6-16/h2-6,9-10,13-14,17,24H,7-8,11-12H2,1H3,(H,21,23). The Kier molecular flexibility index (Phi) is 5.79. The second-order valence-electron chi connectivity index (χ2n) is 7.17. The molecule has 2 aromatic heterocycles. The van der Waals surface area contributed by atoms with Gasteiger partial charge in [0.15, 0.2) is 5.82 Å². The summed E-state index contributed by atoms with van der Waals surface area (Å²) in [4.78, 5) is 10.9. The smallest absolute Gasteiger partial charge is 0.264 e. The molecule has 1 unspecified atom stereocenters. The van der Waals surface area contributed by atoms with Crippen molar-refractivity contribution in [2.24, 2.45) is 0 Å². The quantitative estimate of drug-likeness (QED) is 0.599. The highest BCUT2D eigenvalue weighted by Crippen LogP contribution is 2.22. The number of thiazole rings is 1. The molecule has 3 aromatic rings. The van der Waals surface area contributed by atoms with Crippen LogP contribution in [0, 0.1) is 6.92 Å². The molecule has 4 rings (SSSR count). The van der Waals surface area contributed by atoms with Gasteiger partial charge in [0.05, 0.1) is 5.51 Å². The van der Waals surface area contributed by atoms with Crippen LogP contribution < -0.4 is 10.0 Å². The average Bonchev–Trinajstić information content (AvgIpc) is 3.36. The molecular formula is C20H23N5O2S2. The van der Waals surface area contributed by atoms with Crippen molar-refractivity contribution in [3.63, 3.8) is 0 Å². The fraction of sp³-hybridized carbons (Fsp3) is 0.300. The highest BCUT2D eigenvalue weighted by atomic mass is 32.2. The molecular weight excluding hydrogens is 406 g/mol. The predicted molar refractivity (Wildman–Crippen MR) is 116 cm³/mol. The topological polar surface area (TPSA) is 87.2 Å². The van der Waals surface area contributed by atoms with E-state index in [0.29, 0.717) is 11.9 Å². The van der Waals surface area contributed by atoms with Crippen molar-refractivity contribution in [1.82, 2.24) is 14.9 Å². The molecule has 1 aliphatic heterocycles. The largest absolute Gasteiger partial charge is 0.366 e. The highest BCUT2D eigenvalue weighted by molar-refractivity contribution is 7.92. The maximum absolute atomic E-state index is 12.5. The van der Waals surface area contributed by atoms with Crippen molar-refractivity contribution < 1.29 is 8.42 Å². The number of aryl methyl sites for hydroxylation is 1. The number of pyridine rings is 1. The van der Waals surface area contributed by atoms with Crippen LogP contribution in [0.25, 0.3) is 0 Å². The van der Waals surface area contributed by atoms with Gasteiger partial charge in [0.1, 0.15) is 10.7 Å². The first-order chi connectivity index (χ1) is 14.0. The molecule has 0 saturated carbocycles. The Hall–Kier alpha value is -2.49. The molecule has 152 valence electrons. The first-order valence-corrected chi connectivity index (χ1v) is 11.8. The zero-order valence-corrected chi connectivity index (χ0v) is 17.7. The molecule has 29 heavy (non-hydrogen) atoms. The van der Waals surface area contributed by atoms with Gasteiger partial charge in [0, 0.05) is 37.3 Å². The molecule has 0 spiro atoms. The predicted octanol–water partition coefficient (Wildman–Crippen LogP) is 3.33. The maximum atomic E-state index is 12.5. The van der Waals surface area contributed by atoms with Gasteiger partial charge in [-0.3, -0.25) is 9.62 Å². The molecule has 1 atom stereocenters. The zero-order chi connectivity index (χ0) is 20.3. The third-order valence-corrected chi connectivity index (χ3v) is 6.81. The molecule has 9 heteroatoms. The summed E-state index contributed by atoms with van der Waals surface area (Å²) in [6.45, 7) is 4.76. The molecule has 3 heterocycles. The first-order valence-electron chi connectivity index (χ1n) is 9.40. The molecule has 0 bridgehead atoms. The average molecular weight is 430 g/mol. The van der Waals surface area contributed by atoms with Crippen LogP contribution in [-0.2, 0) is 16.6 Å². The molecule has 0 radical (unpaired) electrons. The lowest BCUT2D eigenvalue weighted by atomic mass is 10.2. The van der Waals surface area contributed by atoms with E-state index >= 15 is 0 Å². The Morgan fingerprint density at radius 1 is 1.24 bits per heavy atom. The van der Waals surface area contributed by atoms with E-state index in [9.17, 15) is 8.42 Å². The van der Waals surface area contributed by atoms with Crippen molar-refractivity contribution in [2.45, 2.75) is 30.8 Å². The van der Waals surface area contributed by atoms with Crippen LogP contribution in [0.4, 0.5) is 11.6 Å². The Labute approximate surface area is 174 Å². The summed E-state index contributed by atoms with van der Waals surface area (Å²) >= 11 is 1.33. The normalized spacial score (nSPS) is 17.3. The lowest BCUT2D eigenvalue weighted by molar-refractivity contribution is 0.328. The Bertz CT molecular complexity index is 1060. The van der Waals surface area contributed by atoms with E-state index < -0.39 is 10.0 Å². The second-order valence-corrected chi connectivity index (χ2v) is 9.57. The lowest BCUT2D eigenvalue weighted by Crippen LogP contribution is -2.26. The molecule has 2 N–H and O–H groups in total. The number of nitrogens with one attached hydrogen (secondary N) is 2. The van der Waals surface area contributed by atoms with E-state index in [1.807, 2.05) is 13.0 Å². The van der Waals surface area contributed by atoms with Gasteiger partial charge >= 0.3 is 0 Å². The number of anilines is 2. The first kappa shape index (κ1) is 19.8. The van der Waals surface area contributed by atoms with Crippen LogP contribution in [0.5, 0.6) is 0 Å². The van der Waals surface area contributed by atoms with E-state index in [-0.39, 0.29) is 4.90 Å². The van der Waals surface area contributed by atoms with Crippen molar-refractivity contribution in [2.75, 3.05) is 23.1 Å². The van der Waals surface area contributed by atoms with E-state index in [4.69, 9.17) is 0 Å². The van der Waals surface area contributed by atoms with Crippen LogP contribution in [0.1, 0.15) is 17.5 Å². The van der Waals surface area contributed by atoms with E-state index in [0.717, 1.165) is 37.4 Å². The van der Waals surface area contributed by atoms with Crippen molar-refractivity contribution in [3.05, 3.63) is 64.6 Å². The van der Waals surface area contributed by atoms with Crippen molar-refractivity contribution in [3.8, 4) is 0 Å². The summed E-state index contributed by atoms with van der Waals surface area (Å²) in [6, 6.07) is 12.4. The van der Waals surface area contributed by atoms with Crippen molar-refractivity contribution in [1.29, 1.82) is 0 Å². The van der Waals surface area contributed by atoms with Crippen LogP contribution in [0.3, 0.4) is 0 Å². The third kappa shape index (κ3) is 4.92. The minimum Gasteiger partial charge on any atom is -0.366 e. The van der Waals surface area contributed by atoms with Gasteiger partial charge in [-0.25, -0.2) is 18.4 Å². The summed E-state index contributed by atoms with van der Waals surface area (Å²) < 4.78 is 27.5. The summed E-state index contributed by atoms with van der Waals surface area (Å²) in [5.41, 5.74) is 3.69. The molecule has 0 amide bonds. The fourth-order valence-corrected chi connectivity index (χ4v) is 5.02. The van der Waals surface area contributed by atoms with Gasteiger partial charge in [-0.15, -0.1) is 11.3 Å². The summed E-state index contributed by atoms with van der Waals surface area (Å²) in [7, 11) is -3.70. The number of likely N-dealkylation sites (tertiary alicyclic amines) is 1. The number of hydrogen-bond acceptors (Lipinski definition) is 7. The van der Waals surface area contributed by atoms with E-state index in [1.54, 1.807) is 17.0 Å². The van der Waals surface area contributed by atoms with Gasteiger partial charge in [-0.2, -0.15) is 0 Å². The number of aromatic nitrogens is 2. The fourth-order valence-electron chi connectivity index (χ4n) is 3.44. The third-order valence-electron chi connectivity index (χ3n) is 4.90. The Morgan fingerprint density at radius 2 is 2.07 bits per heavy atom. The Balaban J connectivity index is 1.39. The van der Waals surface area contributed by atoms with E-state index in [1.165, 1.54) is 23.1 Å². The molecule has 1 fully saturated rings. The monoisotopic (exact) mass is 429 g/mol. The SMILES string of the molecule is Cc1cc(S(=O)(=O)Nc2cscn2)cnc1NC1CCN(Cc2ccccc2)C1. The van der Waals surface area contributed by atoms with Gasteiger partial charge in [-0.05, 0) is 30.5 Å². The number of rotatable bonds is 7. The van der Waals surface area contributed by atoms with Crippen molar-refractivity contribution >= 4 is 33.0 Å². The molecule has 1 saturated heterocycles. The van der Waals surface area contributed by atoms with Gasteiger partial charge in [0.2, 0.25) is 0 Å². The number of sulfonamides is 1. The van der Waals surface area contributed by atoms with Crippen LogP contribution >= 0.6 is 11.3 Å². The summed E-state index contributed by atoms with van der Waals surface area (Å²) in [5.74, 6) is 1.04. The minimum absolute atomic E-state index is 0.130. The molecule has 0 aliphatic carbocycles. The molecule has 7 nitrogen and oxygen atoms in total. The van der Waals surface area contributed by atoms with Gasteiger partial charge in [0.25, 0.3) is 10.0 Å². The van der Waals surface area contributed by atoms with E-state index in [2.05, 4.69) is 49.2 Å². The maximum Gasteiger partial charge on any atom is 0.264 e. The highest BCUT2D eigenvalue weighted by Gasteiger charge is 2.24. The number of hydrogen-bond donors (Lipinski definition) is 2. The molecule has 1 aliphatic rings. The number of benzene rings is 1. The van der Waals surface area contributed by atoms with Crippen LogP contribution in [0.2, 0.25) is 0 Å². The minimum atomic E-state index is -3.70. The van der Waals surface area contributed by atoms with Crippen LogP contribution in [0.15, 0.2) is 58.4 Å². The Morgan fingerprint density at radius 3 is 2.79 bits per heavy atom. The lowest BCUT2D eigenvalue weighted by Gasteiger charge is -2.18. The summed E-state index contributed by atoms with van der Waals surface area (Å²) in [5, 5.41) is 5.12. The van der Waals surface area contributed by atoms with Crippen LogP contribution in [-0.4, -0.2) is 42.4 Å². The molecule has 1 aromatic carbocycles. The van der Waals surface area contributed by atoms with Gasteiger partial charge in [-0.1, -0.05) is 30.3 Å². The zero-order valence-electron chi connectivity index (χ0n) is 16.1. The number of nitrogens with zero attached hydrogens (tertiary/aromatic N) is 3. The summed E-state index contributed by atoms with van der Waals surface area (Å²) in [6.07, 6.45) is 2.42.